The predicted molar refractivity (Wildman–Crippen MR) is 80.6 cm³/mol. The Balaban J connectivity index is 2.76. The van der Waals surface area contributed by atoms with Crippen LogP contribution in [0.3, 0.4) is 0 Å². The summed E-state index contributed by atoms with van der Waals surface area (Å²) >= 11 is 0. The van der Waals surface area contributed by atoms with Crippen molar-refractivity contribution in [2.75, 3.05) is 13.7 Å². The van der Waals surface area contributed by atoms with Gasteiger partial charge in [-0.15, -0.1) is 0 Å². The molecule has 0 fully saturated rings. The molecule has 23 heavy (non-hydrogen) atoms. The van der Waals surface area contributed by atoms with Crippen LogP contribution in [0.1, 0.15) is 30.1 Å². The average molecular weight is 322 g/mol. The molecule has 0 atom stereocenters. The molecule has 0 aliphatic heterocycles. The molecule has 0 aliphatic carbocycles. The highest BCUT2D eigenvalue weighted by molar-refractivity contribution is 5.90. The van der Waals surface area contributed by atoms with Gasteiger partial charge in [-0.25, -0.2) is 9.59 Å². The first-order valence-electron chi connectivity index (χ1n) is 6.86. The summed E-state index contributed by atoms with van der Waals surface area (Å²) in [5.41, 5.74) is 0.189. The number of rotatable bonds is 8. The second kappa shape index (κ2) is 8.57. The van der Waals surface area contributed by atoms with Gasteiger partial charge in [0, 0.05) is 5.57 Å². The van der Waals surface area contributed by atoms with Gasteiger partial charge in [0.2, 0.25) is 0 Å². The molecule has 0 saturated heterocycles. The van der Waals surface area contributed by atoms with Crippen LogP contribution in [-0.2, 0) is 14.3 Å². The number of methoxy groups -OCH3 is 1. The molecule has 0 heterocycles. The summed E-state index contributed by atoms with van der Waals surface area (Å²) in [6.45, 7) is 5.26. The number of carbonyl (C=O) groups excluding carboxylic acids is 2. The van der Waals surface area contributed by atoms with Crippen LogP contribution in [0, 0.1) is 0 Å². The quantitative estimate of drug-likeness (QED) is 0.445. The van der Waals surface area contributed by atoms with Gasteiger partial charge in [-0.2, -0.15) is 0 Å². The van der Waals surface area contributed by atoms with Gasteiger partial charge in [0.05, 0.1) is 25.7 Å². The fourth-order valence-electron chi connectivity index (χ4n) is 1.63. The van der Waals surface area contributed by atoms with Crippen molar-refractivity contribution >= 4 is 17.9 Å². The first-order chi connectivity index (χ1) is 10.9. The van der Waals surface area contributed by atoms with E-state index in [-0.39, 0.29) is 42.1 Å². The van der Waals surface area contributed by atoms with E-state index in [9.17, 15) is 14.4 Å². The van der Waals surface area contributed by atoms with Gasteiger partial charge >= 0.3 is 17.9 Å². The Bertz CT molecular complexity index is 619. The Morgan fingerprint density at radius 2 is 1.87 bits per heavy atom. The minimum Gasteiger partial charge on any atom is -0.493 e. The van der Waals surface area contributed by atoms with E-state index in [4.69, 9.17) is 19.3 Å². The molecule has 0 radical (unpaired) electrons. The smallest absolute Gasteiger partial charge is 0.338 e. The van der Waals surface area contributed by atoms with E-state index in [2.05, 4.69) is 6.58 Å². The number of esters is 2. The maximum absolute atomic E-state index is 11.7. The fraction of sp³-hybridized carbons (Fsp3) is 0.312. The first-order valence-corrected chi connectivity index (χ1v) is 6.86. The van der Waals surface area contributed by atoms with E-state index in [1.807, 2.05) is 0 Å². The summed E-state index contributed by atoms with van der Waals surface area (Å²) < 4.78 is 15.1. The van der Waals surface area contributed by atoms with E-state index in [1.165, 1.54) is 25.3 Å². The molecule has 0 amide bonds. The first kappa shape index (κ1) is 18.2. The van der Waals surface area contributed by atoms with Crippen molar-refractivity contribution in [3.8, 4) is 11.5 Å². The Kier molecular flexibility index (Phi) is 6.79. The van der Waals surface area contributed by atoms with Gasteiger partial charge in [0.1, 0.15) is 0 Å². The molecular weight excluding hydrogens is 304 g/mol. The Labute approximate surface area is 133 Å². The summed E-state index contributed by atoms with van der Waals surface area (Å²) in [4.78, 5) is 34.0. The minimum atomic E-state index is -1.16. The highest BCUT2D eigenvalue weighted by Crippen LogP contribution is 2.29. The maximum Gasteiger partial charge on any atom is 0.338 e. The molecule has 0 aliphatic rings. The number of hydrogen-bond acceptors (Lipinski definition) is 6. The number of carbonyl (C=O) groups is 3. The monoisotopic (exact) mass is 322 g/mol. The molecule has 1 rings (SSSR count). The van der Waals surface area contributed by atoms with Crippen LogP contribution in [0.5, 0.6) is 11.5 Å². The van der Waals surface area contributed by atoms with Crippen LogP contribution in [-0.4, -0.2) is 36.7 Å². The molecule has 1 N–H and O–H groups in total. The highest BCUT2D eigenvalue weighted by atomic mass is 16.6. The Morgan fingerprint density at radius 1 is 1.17 bits per heavy atom. The largest absolute Gasteiger partial charge is 0.493 e. The lowest BCUT2D eigenvalue weighted by molar-refractivity contribution is -0.134. The molecule has 7 heteroatoms. The third-order valence-corrected chi connectivity index (χ3v) is 2.83. The fourth-order valence-corrected chi connectivity index (χ4v) is 1.63. The van der Waals surface area contributed by atoms with Crippen molar-refractivity contribution in [1.82, 2.24) is 0 Å². The molecule has 0 spiro atoms. The normalized spacial score (nSPS) is 9.83. The van der Waals surface area contributed by atoms with E-state index in [0.29, 0.717) is 0 Å². The number of carboxylic acids is 1. The average Bonchev–Trinajstić information content (AvgIpc) is 2.52. The van der Waals surface area contributed by atoms with Crippen molar-refractivity contribution in [1.29, 1.82) is 0 Å². The molecular formula is C16H18O7. The molecule has 1 aromatic carbocycles. The van der Waals surface area contributed by atoms with Gasteiger partial charge in [0.25, 0.3) is 0 Å². The lowest BCUT2D eigenvalue weighted by Gasteiger charge is -2.10. The van der Waals surface area contributed by atoms with Crippen LogP contribution in [0.4, 0.5) is 0 Å². The topological polar surface area (TPSA) is 99.1 Å². The van der Waals surface area contributed by atoms with Crippen LogP contribution in [0.15, 0.2) is 30.4 Å². The van der Waals surface area contributed by atoms with E-state index in [0.717, 1.165) is 0 Å². The summed E-state index contributed by atoms with van der Waals surface area (Å²) in [6, 6.07) is 4.26. The van der Waals surface area contributed by atoms with Crippen LogP contribution in [0.25, 0.3) is 0 Å². The van der Waals surface area contributed by atoms with Crippen molar-refractivity contribution in [3.05, 3.63) is 35.9 Å². The number of ether oxygens (including phenoxy) is 3. The molecule has 0 bridgehead atoms. The van der Waals surface area contributed by atoms with Crippen molar-refractivity contribution in [3.63, 3.8) is 0 Å². The summed E-state index contributed by atoms with van der Waals surface area (Å²) in [7, 11) is 1.37. The Hall–Kier alpha value is -2.83. The number of hydrogen-bond donors (Lipinski definition) is 1. The van der Waals surface area contributed by atoms with Crippen LogP contribution < -0.4 is 9.47 Å². The van der Waals surface area contributed by atoms with Crippen LogP contribution >= 0.6 is 0 Å². The Morgan fingerprint density at radius 3 is 2.43 bits per heavy atom. The van der Waals surface area contributed by atoms with Crippen molar-refractivity contribution < 1.29 is 33.7 Å². The summed E-state index contributed by atoms with van der Waals surface area (Å²) in [6.07, 6.45) is -0.148. The van der Waals surface area contributed by atoms with Gasteiger partial charge in [-0.05, 0) is 31.5 Å². The van der Waals surface area contributed by atoms with Gasteiger partial charge < -0.3 is 19.3 Å². The lowest BCUT2D eigenvalue weighted by Crippen LogP contribution is -2.11. The van der Waals surface area contributed by atoms with Crippen LogP contribution in [0.2, 0.25) is 0 Å². The molecule has 0 saturated carbocycles. The van der Waals surface area contributed by atoms with Gasteiger partial charge in [-0.1, -0.05) is 6.58 Å². The second-order valence-corrected chi connectivity index (χ2v) is 4.47. The highest BCUT2D eigenvalue weighted by Gasteiger charge is 2.15. The molecule has 7 nitrogen and oxygen atoms in total. The van der Waals surface area contributed by atoms with E-state index < -0.39 is 17.9 Å². The van der Waals surface area contributed by atoms with Gasteiger partial charge in [0.15, 0.2) is 11.5 Å². The number of benzene rings is 1. The maximum atomic E-state index is 11.7. The lowest BCUT2D eigenvalue weighted by atomic mass is 10.1. The third-order valence-electron chi connectivity index (χ3n) is 2.83. The number of carboxylic acid groups (broad SMARTS) is 1. The zero-order valence-electron chi connectivity index (χ0n) is 13.0. The second-order valence-electron chi connectivity index (χ2n) is 4.47. The van der Waals surface area contributed by atoms with Crippen molar-refractivity contribution in [2.45, 2.75) is 19.8 Å². The third kappa shape index (κ3) is 5.46. The van der Waals surface area contributed by atoms with Gasteiger partial charge in [-0.3, -0.25) is 4.79 Å². The number of aliphatic carboxylic acids is 1. The molecule has 0 unspecified atom stereocenters. The van der Waals surface area contributed by atoms with E-state index >= 15 is 0 Å². The standard InChI is InChI=1S/C16H18O7/c1-4-22-16(20)11-6-7-12(13(9-11)21-3)23-14(17)8-5-10(2)15(18)19/h6-7,9H,2,4-5,8H2,1,3H3,(H,18,19). The molecule has 1 aromatic rings. The SMILES string of the molecule is C=C(CCC(=O)Oc1ccc(C(=O)OCC)cc1OC)C(=O)O. The summed E-state index contributed by atoms with van der Waals surface area (Å²) in [5.74, 6) is -1.97. The minimum absolute atomic E-state index is 0.0165. The zero-order valence-corrected chi connectivity index (χ0v) is 13.0. The van der Waals surface area contributed by atoms with Crippen molar-refractivity contribution in [2.24, 2.45) is 0 Å². The van der Waals surface area contributed by atoms with E-state index in [1.54, 1.807) is 6.92 Å². The zero-order chi connectivity index (χ0) is 17.4. The summed E-state index contributed by atoms with van der Waals surface area (Å²) in [5, 5.41) is 8.68. The molecule has 0 aromatic heterocycles. The molecule has 124 valence electrons. The predicted octanol–water partition coefficient (Wildman–Crippen LogP) is 2.20.